The van der Waals surface area contributed by atoms with Crippen molar-refractivity contribution in [2.24, 2.45) is 0 Å². The van der Waals surface area contributed by atoms with Gasteiger partial charge in [-0.2, -0.15) is 4.98 Å². The van der Waals surface area contributed by atoms with Gasteiger partial charge in [-0.1, -0.05) is 5.16 Å². The number of anilines is 1. The van der Waals surface area contributed by atoms with Crippen molar-refractivity contribution in [3.63, 3.8) is 0 Å². The Kier molecular flexibility index (Phi) is 3.22. The number of carboxylic acids is 1. The van der Waals surface area contributed by atoms with Crippen LogP contribution in [0.25, 0.3) is 0 Å². The maximum Gasteiger partial charge on any atom is 0.339 e. The Morgan fingerprint density at radius 3 is 2.89 bits per heavy atom. The highest BCUT2D eigenvalue weighted by atomic mass is 16.5. The molecule has 2 aromatic rings. The number of nitrogens with zero attached hydrogens (tertiary/aromatic N) is 3. The summed E-state index contributed by atoms with van der Waals surface area (Å²) in [5.41, 5.74) is 0.794. The third-order valence-electron chi connectivity index (χ3n) is 2.36. The van der Waals surface area contributed by atoms with Crippen LogP contribution in [0.5, 0.6) is 0 Å². The average molecular weight is 248 g/mol. The molecule has 0 saturated heterocycles. The topological polar surface area (TPSA) is 101 Å². The number of nitrogens with one attached hydrogen (secondary N) is 1. The van der Waals surface area contributed by atoms with E-state index >= 15 is 0 Å². The van der Waals surface area contributed by atoms with Crippen LogP contribution in [-0.4, -0.2) is 26.2 Å². The normalized spacial score (nSPS) is 10.3. The van der Waals surface area contributed by atoms with Crippen LogP contribution in [0.15, 0.2) is 16.8 Å². The lowest BCUT2D eigenvalue weighted by Crippen LogP contribution is -2.10. The molecule has 0 amide bonds. The molecular weight excluding hydrogens is 236 g/mol. The molecule has 7 heteroatoms. The predicted octanol–water partition coefficient (Wildman–Crippen LogP) is 1.39. The summed E-state index contributed by atoms with van der Waals surface area (Å²) >= 11 is 0. The second-order valence-corrected chi connectivity index (χ2v) is 3.74. The molecule has 7 nitrogen and oxygen atoms in total. The molecule has 2 aromatic heterocycles. The number of aryl methyl sites for hydroxylation is 2. The van der Waals surface area contributed by atoms with Gasteiger partial charge in [-0.05, 0) is 18.6 Å². The van der Waals surface area contributed by atoms with E-state index in [-0.39, 0.29) is 12.1 Å². The zero-order valence-electron chi connectivity index (χ0n) is 9.97. The van der Waals surface area contributed by atoms with Crippen molar-refractivity contribution < 1.29 is 14.4 Å². The Bertz CT molecular complexity index is 579. The maximum absolute atomic E-state index is 11.1. The third-order valence-corrected chi connectivity index (χ3v) is 2.36. The summed E-state index contributed by atoms with van der Waals surface area (Å²) in [5, 5.41) is 15.7. The predicted molar refractivity (Wildman–Crippen MR) is 62.3 cm³/mol. The number of pyridine rings is 1. The molecule has 0 aromatic carbocycles. The Morgan fingerprint density at radius 2 is 2.28 bits per heavy atom. The molecule has 0 bridgehead atoms. The molecule has 18 heavy (non-hydrogen) atoms. The van der Waals surface area contributed by atoms with Gasteiger partial charge in [0.05, 0.1) is 6.54 Å². The van der Waals surface area contributed by atoms with Crippen LogP contribution in [0, 0.1) is 13.8 Å². The first-order valence-corrected chi connectivity index (χ1v) is 5.30. The summed E-state index contributed by atoms with van der Waals surface area (Å²) in [4.78, 5) is 19.1. The highest BCUT2D eigenvalue weighted by Crippen LogP contribution is 2.16. The molecule has 0 unspecified atom stereocenters. The molecule has 0 aliphatic heterocycles. The molecular formula is C11H12N4O3. The van der Waals surface area contributed by atoms with E-state index in [1.54, 1.807) is 26.1 Å². The van der Waals surface area contributed by atoms with E-state index in [1.807, 2.05) is 0 Å². The Morgan fingerprint density at radius 1 is 1.50 bits per heavy atom. The zero-order valence-corrected chi connectivity index (χ0v) is 9.97. The Hall–Kier alpha value is -2.44. The number of rotatable bonds is 4. The van der Waals surface area contributed by atoms with E-state index < -0.39 is 5.97 Å². The van der Waals surface area contributed by atoms with E-state index in [1.165, 1.54) is 0 Å². The monoisotopic (exact) mass is 248 g/mol. The smallest absolute Gasteiger partial charge is 0.339 e. The largest absolute Gasteiger partial charge is 0.478 e. The van der Waals surface area contributed by atoms with Crippen LogP contribution in [0.3, 0.4) is 0 Å². The van der Waals surface area contributed by atoms with Gasteiger partial charge in [-0.15, -0.1) is 0 Å². The standard InChI is InChI=1S/C11H12N4O3/c1-6-3-4-12-10(9(6)11(16)17)13-5-8-14-7(2)18-15-8/h3-4H,5H2,1-2H3,(H,12,13)(H,16,17). The van der Waals surface area contributed by atoms with Crippen LogP contribution in [-0.2, 0) is 6.54 Å². The first kappa shape index (κ1) is 12.0. The third kappa shape index (κ3) is 2.45. The molecule has 0 aliphatic rings. The second kappa shape index (κ2) is 4.82. The lowest BCUT2D eigenvalue weighted by molar-refractivity contribution is 0.0697. The van der Waals surface area contributed by atoms with Crippen molar-refractivity contribution in [1.29, 1.82) is 0 Å². The zero-order chi connectivity index (χ0) is 13.1. The van der Waals surface area contributed by atoms with Gasteiger partial charge < -0.3 is 14.9 Å². The van der Waals surface area contributed by atoms with E-state index in [2.05, 4.69) is 20.4 Å². The fourth-order valence-electron chi connectivity index (χ4n) is 1.54. The van der Waals surface area contributed by atoms with Crippen molar-refractivity contribution in [3.05, 3.63) is 35.1 Å². The molecule has 2 N–H and O–H groups in total. The average Bonchev–Trinajstić information content (AvgIpc) is 2.72. The maximum atomic E-state index is 11.1. The minimum absolute atomic E-state index is 0.151. The van der Waals surface area contributed by atoms with Crippen LogP contribution in [0.2, 0.25) is 0 Å². The summed E-state index contributed by atoms with van der Waals surface area (Å²) in [7, 11) is 0. The van der Waals surface area contributed by atoms with Crippen LogP contribution in [0.1, 0.15) is 27.6 Å². The molecule has 0 radical (unpaired) electrons. The Balaban J connectivity index is 2.19. The molecule has 0 aliphatic carbocycles. The van der Waals surface area contributed by atoms with Gasteiger partial charge in [-0.25, -0.2) is 9.78 Å². The van der Waals surface area contributed by atoms with Crippen molar-refractivity contribution in [1.82, 2.24) is 15.1 Å². The number of carbonyl (C=O) groups is 1. The molecule has 0 spiro atoms. The Labute approximate surface area is 103 Å². The lowest BCUT2D eigenvalue weighted by atomic mass is 10.1. The van der Waals surface area contributed by atoms with Crippen molar-refractivity contribution in [2.45, 2.75) is 20.4 Å². The quantitative estimate of drug-likeness (QED) is 0.842. The molecule has 2 heterocycles. The summed E-state index contributed by atoms with van der Waals surface area (Å²) in [6.07, 6.45) is 1.55. The SMILES string of the molecule is Cc1nc(CNc2nccc(C)c2C(=O)O)no1. The minimum Gasteiger partial charge on any atom is -0.478 e. The molecule has 0 atom stereocenters. The highest BCUT2D eigenvalue weighted by molar-refractivity contribution is 5.94. The number of hydrogen-bond donors (Lipinski definition) is 2. The molecule has 2 rings (SSSR count). The van der Waals surface area contributed by atoms with Gasteiger partial charge in [0, 0.05) is 13.1 Å². The fraction of sp³-hybridized carbons (Fsp3) is 0.273. The number of carboxylic acid groups (broad SMARTS) is 1. The van der Waals surface area contributed by atoms with E-state index in [0.717, 1.165) is 0 Å². The first-order valence-electron chi connectivity index (χ1n) is 5.30. The number of hydrogen-bond acceptors (Lipinski definition) is 6. The van der Waals surface area contributed by atoms with Gasteiger partial charge >= 0.3 is 5.97 Å². The van der Waals surface area contributed by atoms with Crippen LogP contribution < -0.4 is 5.32 Å². The fourth-order valence-corrected chi connectivity index (χ4v) is 1.54. The van der Waals surface area contributed by atoms with Gasteiger partial charge in [-0.3, -0.25) is 0 Å². The summed E-state index contributed by atoms with van der Waals surface area (Å²) in [5.74, 6) is 0.187. The van der Waals surface area contributed by atoms with Gasteiger partial charge in [0.25, 0.3) is 0 Å². The summed E-state index contributed by atoms with van der Waals surface area (Å²) < 4.78 is 4.82. The van der Waals surface area contributed by atoms with Crippen molar-refractivity contribution in [3.8, 4) is 0 Å². The molecule has 0 fully saturated rings. The van der Waals surface area contributed by atoms with Crippen LogP contribution >= 0.6 is 0 Å². The van der Waals surface area contributed by atoms with Crippen molar-refractivity contribution >= 4 is 11.8 Å². The molecule has 0 saturated carbocycles. The second-order valence-electron chi connectivity index (χ2n) is 3.74. The summed E-state index contributed by atoms with van der Waals surface area (Å²) in [6, 6.07) is 1.65. The van der Waals surface area contributed by atoms with E-state index in [0.29, 0.717) is 23.1 Å². The molecule has 94 valence electrons. The van der Waals surface area contributed by atoms with Gasteiger partial charge in [0.15, 0.2) is 5.82 Å². The highest BCUT2D eigenvalue weighted by Gasteiger charge is 2.14. The number of aromatic carboxylic acids is 1. The van der Waals surface area contributed by atoms with Gasteiger partial charge in [0.1, 0.15) is 11.4 Å². The van der Waals surface area contributed by atoms with Gasteiger partial charge in [0.2, 0.25) is 5.89 Å². The number of aromatic nitrogens is 3. The van der Waals surface area contributed by atoms with E-state index in [4.69, 9.17) is 9.63 Å². The lowest BCUT2D eigenvalue weighted by Gasteiger charge is -2.08. The van der Waals surface area contributed by atoms with E-state index in [9.17, 15) is 4.79 Å². The van der Waals surface area contributed by atoms with Crippen molar-refractivity contribution in [2.75, 3.05) is 5.32 Å². The summed E-state index contributed by atoms with van der Waals surface area (Å²) in [6.45, 7) is 3.66. The first-order chi connectivity index (χ1) is 8.58. The minimum atomic E-state index is -1.02. The van der Waals surface area contributed by atoms with Crippen LogP contribution in [0.4, 0.5) is 5.82 Å².